The molecule has 1 N–H and O–H groups in total. The highest BCUT2D eigenvalue weighted by atomic mass is 19.1. The molecule has 0 bridgehead atoms. The zero-order valence-corrected chi connectivity index (χ0v) is 12.8. The predicted molar refractivity (Wildman–Crippen MR) is 86.9 cm³/mol. The number of amides is 2. The molecular formula is C18H17FN2O2. The van der Waals surface area contributed by atoms with E-state index in [1.807, 2.05) is 12.1 Å². The lowest BCUT2D eigenvalue weighted by Gasteiger charge is -2.22. The predicted octanol–water partition coefficient (Wildman–Crippen LogP) is 2.92. The number of nitrogens with one attached hydrogen (secondary N) is 1. The molecule has 0 saturated heterocycles. The van der Waals surface area contributed by atoms with Crippen LogP contribution in [0.1, 0.15) is 18.1 Å². The van der Waals surface area contributed by atoms with Gasteiger partial charge in [-0.2, -0.15) is 0 Å². The minimum atomic E-state index is -0.352. The fourth-order valence-electron chi connectivity index (χ4n) is 2.84. The van der Waals surface area contributed by atoms with Crippen molar-refractivity contribution in [2.75, 3.05) is 16.8 Å². The van der Waals surface area contributed by atoms with Crippen LogP contribution in [0.25, 0.3) is 0 Å². The summed E-state index contributed by atoms with van der Waals surface area (Å²) in [4.78, 5) is 25.9. The second-order valence-electron chi connectivity index (χ2n) is 5.54. The average Bonchev–Trinajstić information content (AvgIpc) is 2.99. The van der Waals surface area contributed by atoms with Crippen molar-refractivity contribution in [3.05, 3.63) is 59.4 Å². The first-order valence-corrected chi connectivity index (χ1v) is 7.50. The van der Waals surface area contributed by atoms with Gasteiger partial charge in [-0.15, -0.1) is 0 Å². The van der Waals surface area contributed by atoms with Gasteiger partial charge in [0.2, 0.25) is 11.8 Å². The van der Waals surface area contributed by atoms with E-state index in [1.165, 1.54) is 24.0 Å². The molecule has 1 aliphatic rings. The standard InChI is InChI=1S/C18H17FN2O2/c1-12(22)21(16-4-2-3-14-9-10-20-18(14)16)17(23)11-13-5-7-15(19)8-6-13/h2-8,20H,9-11H2,1H3. The third-order valence-corrected chi connectivity index (χ3v) is 3.90. The lowest BCUT2D eigenvalue weighted by molar-refractivity contribution is -0.125. The van der Waals surface area contributed by atoms with Crippen LogP contribution in [-0.2, 0) is 22.4 Å². The maximum Gasteiger partial charge on any atom is 0.238 e. The second kappa shape index (κ2) is 6.20. The Morgan fingerprint density at radius 2 is 1.91 bits per heavy atom. The SMILES string of the molecule is CC(=O)N(C(=O)Cc1ccc(F)cc1)c1cccc2c1NCC2. The van der Waals surface area contributed by atoms with E-state index < -0.39 is 0 Å². The molecule has 0 unspecified atom stereocenters. The van der Waals surface area contributed by atoms with E-state index in [1.54, 1.807) is 18.2 Å². The van der Waals surface area contributed by atoms with Crippen molar-refractivity contribution in [2.45, 2.75) is 19.8 Å². The van der Waals surface area contributed by atoms with Crippen LogP contribution in [0.4, 0.5) is 15.8 Å². The number of imide groups is 1. The Labute approximate surface area is 133 Å². The molecule has 0 fully saturated rings. The number of anilines is 2. The topological polar surface area (TPSA) is 49.4 Å². The molecule has 2 aromatic rings. The molecule has 0 atom stereocenters. The highest BCUT2D eigenvalue weighted by Gasteiger charge is 2.25. The van der Waals surface area contributed by atoms with E-state index in [2.05, 4.69) is 5.32 Å². The minimum absolute atomic E-state index is 0.0452. The van der Waals surface area contributed by atoms with Gasteiger partial charge < -0.3 is 5.32 Å². The second-order valence-corrected chi connectivity index (χ2v) is 5.54. The average molecular weight is 312 g/mol. The Morgan fingerprint density at radius 1 is 1.17 bits per heavy atom. The Hall–Kier alpha value is -2.69. The number of carbonyl (C=O) groups excluding carboxylic acids is 2. The first-order valence-electron chi connectivity index (χ1n) is 7.50. The van der Waals surface area contributed by atoms with Crippen molar-refractivity contribution < 1.29 is 14.0 Å². The van der Waals surface area contributed by atoms with Crippen molar-refractivity contribution in [1.82, 2.24) is 0 Å². The summed E-state index contributed by atoms with van der Waals surface area (Å²) in [6.45, 7) is 2.17. The number of hydrogen-bond donors (Lipinski definition) is 1. The van der Waals surface area contributed by atoms with Gasteiger partial charge >= 0.3 is 0 Å². The van der Waals surface area contributed by atoms with E-state index in [0.29, 0.717) is 11.3 Å². The van der Waals surface area contributed by atoms with Crippen LogP contribution in [-0.4, -0.2) is 18.4 Å². The number of nitrogens with zero attached hydrogens (tertiary/aromatic N) is 1. The molecule has 1 heterocycles. The van der Waals surface area contributed by atoms with Gasteiger partial charge in [-0.1, -0.05) is 24.3 Å². The highest BCUT2D eigenvalue weighted by molar-refractivity contribution is 6.16. The van der Waals surface area contributed by atoms with Crippen LogP contribution in [0, 0.1) is 5.82 Å². The summed E-state index contributed by atoms with van der Waals surface area (Å²) in [5.74, 6) is -1.01. The molecular weight excluding hydrogens is 295 g/mol. The van der Waals surface area contributed by atoms with Gasteiger partial charge in [0.15, 0.2) is 0 Å². The van der Waals surface area contributed by atoms with Crippen LogP contribution >= 0.6 is 0 Å². The van der Waals surface area contributed by atoms with E-state index in [4.69, 9.17) is 0 Å². The van der Waals surface area contributed by atoms with Gasteiger partial charge in [-0.3, -0.25) is 9.59 Å². The molecule has 23 heavy (non-hydrogen) atoms. The summed E-state index contributed by atoms with van der Waals surface area (Å²) in [6, 6.07) is 11.3. The van der Waals surface area contributed by atoms with Gasteiger partial charge in [-0.25, -0.2) is 9.29 Å². The fourth-order valence-corrected chi connectivity index (χ4v) is 2.84. The molecule has 4 nitrogen and oxygen atoms in total. The Bertz CT molecular complexity index is 756. The number of hydrogen-bond acceptors (Lipinski definition) is 3. The summed E-state index contributed by atoms with van der Waals surface area (Å²) in [6.07, 6.45) is 0.921. The lowest BCUT2D eigenvalue weighted by atomic mass is 10.1. The zero-order valence-electron chi connectivity index (χ0n) is 12.8. The summed E-state index contributed by atoms with van der Waals surface area (Å²) in [5, 5.41) is 3.23. The van der Waals surface area contributed by atoms with E-state index in [0.717, 1.165) is 24.2 Å². The van der Waals surface area contributed by atoms with Crippen molar-refractivity contribution in [1.29, 1.82) is 0 Å². The molecule has 2 aromatic carbocycles. The highest BCUT2D eigenvalue weighted by Crippen LogP contribution is 2.33. The Kier molecular flexibility index (Phi) is 4.10. The van der Waals surface area contributed by atoms with Crippen molar-refractivity contribution in [3.63, 3.8) is 0 Å². The smallest absolute Gasteiger partial charge is 0.238 e. The first-order chi connectivity index (χ1) is 11.1. The molecule has 0 aromatic heterocycles. The van der Waals surface area contributed by atoms with Crippen LogP contribution in [0.2, 0.25) is 0 Å². The minimum Gasteiger partial charge on any atom is -0.383 e. The van der Waals surface area contributed by atoms with Gasteiger partial charge in [0.1, 0.15) is 5.82 Å². The zero-order chi connectivity index (χ0) is 16.4. The third kappa shape index (κ3) is 3.08. The number of fused-ring (bicyclic) bond motifs is 1. The largest absolute Gasteiger partial charge is 0.383 e. The number of halogens is 1. The molecule has 118 valence electrons. The molecule has 1 aliphatic heterocycles. The molecule has 0 spiro atoms. The number of rotatable bonds is 3. The van der Waals surface area contributed by atoms with Crippen molar-refractivity contribution in [3.8, 4) is 0 Å². The van der Waals surface area contributed by atoms with Gasteiger partial charge in [0.25, 0.3) is 0 Å². The Morgan fingerprint density at radius 3 is 2.61 bits per heavy atom. The lowest BCUT2D eigenvalue weighted by Crippen LogP contribution is -2.36. The fraction of sp³-hybridized carbons (Fsp3) is 0.222. The molecule has 0 radical (unpaired) electrons. The summed E-state index contributed by atoms with van der Waals surface area (Å²) >= 11 is 0. The van der Waals surface area contributed by atoms with Gasteiger partial charge in [0, 0.05) is 13.5 Å². The molecule has 0 aliphatic carbocycles. The van der Waals surface area contributed by atoms with E-state index >= 15 is 0 Å². The molecule has 2 amide bonds. The maximum absolute atomic E-state index is 13.0. The first kappa shape index (κ1) is 15.2. The van der Waals surface area contributed by atoms with Crippen LogP contribution in [0.15, 0.2) is 42.5 Å². The Balaban J connectivity index is 1.90. The van der Waals surface area contributed by atoms with Crippen molar-refractivity contribution >= 4 is 23.2 Å². The van der Waals surface area contributed by atoms with Crippen LogP contribution in [0.5, 0.6) is 0 Å². The molecule has 3 rings (SSSR count). The van der Waals surface area contributed by atoms with E-state index in [-0.39, 0.29) is 24.1 Å². The van der Waals surface area contributed by atoms with Crippen LogP contribution in [0.3, 0.4) is 0 Å². The quantitative estimate of drug-likeness (QED) is 0.948. The van der Waals surface area contributed by atoms with Crippen LogP contribution < -0.4 is 10.2 Å². The molecule has 5 heteroatoms. The molecule has 0 saturated carbocycles. The monoisotopic (exact) mass is 312 g/mol. The van der Waals surface area contributed by atoms with Gasteiger partial charge in [-0.05, 0) is 35.7 Å². The summed E-state index contributed by atoms with van der Waals surface area (Å²) < 4.78 is 13.0. The number of benzene rings is 2. The summed E-state index contributed by atoms with van der Waals surface area (Å²) in [5.41, 5.74) is 3.20. The normalized spacial score (nSPS) is 12.4. The maximum atomic E-state index is 13.0. The van der Waals surface area contributed by atoms with Crippen molar-refractivity contribution in [2.24, 2.45) is 0 Å². The number of para-hydroxylation sites is 1. The number of carbonyl (C=O) groups is 2. The van der Waals surface area contributed by atoms with E-state index in [9.17, 15) is 14.0 Å². The third-order valence-electron chi connectivity index (χ3n) is 3.90. The summed E-state index contributed by atoms with van der Waals surface area (Å²) in [7, 11) is 0. The van der Waals surface area contributed by atoms with Gasteiger partial charge in [0.05, 0.1) is 17.8 Å².